The van der Waals surface area contributed by atoms with Crippen molar-refractivity contribution >= 4 is 11.6 Å². The van der Waals surface area contributed by atoms with E-state index in [4.69, 9.17) is 5.73 Å². The van der Waals surface area contributed by atoms with Crippen LogP contribution in [0.25, 0.3) is 0 Å². The van der Waals surface area contributed by atoms with E-state index in [1.807, 2.05) is 31.2 Å². The molecular weight excluding hydrogens is 312 g/mol. The second-order valence-corrected chi connectivity index (χ2v) is 8.09. The molecule has 1 aliphatic rings. The van der Waals surface area contributed by atoms with Crippen LogP contribution in [-0.2, 0) is 4.79 Å². The van der Waals surface area contributed by atoms with Gasteiger partial charge in [0, 0.05) is 29.0 Å². The molecule has 2 rings (SSSR count). The van der Waals surface area contributed by atoms with E-state index in [9.17, 15) is 10.1 Å². The molecule has 1 heterocycles. The second-order valence-electron chi connectivity index (χ2n) is 8.09. The zero-order chi connectivity index (χ0) is 18.8. The number of carbonyl (C=O) groups is 1. The summed E-state index contributed by atoms with van der Waals surface area (Å²) in [5, 5.41) is 12.4. The molecule has 1 aliphatic heterocycles. The summed E-state index contributed by atoms with van der Waals surface area (Å²) in [5.74, 6) is -0.390. The van der Waals surface area contributed by atoms with Crippen molar-refractivity contribution in [1.82, 2.24) is 4.90 Å². The Labute approximate surface area is 150 Å². The number of anilines is 1. The van der Waals surface area contributed by atoms with Gasteiger partial charge >= 0.3 is 0 Å². The van der Waals surface area contributed by atoms with Crippen molar-refractivity contribution in [3.63, 3.8) is 0 Å². The summed E-state index contributed by atoms with van der Waals surface area (Å²) in [6.07, 6.45) is 3.32. The van der Waals surface area contributed by atoms with Gasteiger partial charge < -0.3 is 16.0 Å². The minimum Gasteiger partial charge on any atom is -0.366 e. The van der Waals surface area contributed by atoms with Crippen LogP contribution in [0.3, 0.4) is 0 Å². The molecule has 5 heteroatoms. The lowest BCUT2D eigenvalue weighted by atomic mass is 9.77. The van der Waals surface area contributed by atoms with Gasteiger partial charge in [0.25, 0.3) is 5.91 Å². The summed E-state index contributed by atoms with van der Waals surface area (Å²) in [6.45, 7) is 10.3. The molecule has 0 radical (unpaired) electrons. The fourth-order valence-corrected chi connectivity index (χ4v) is 3.89. The smallest absolute Gasteiger partial charge is 0.267 e. The minimum atomic E-state index is -0.390. The summed E-state index contributed by atoms with van der Waals surface area (Å²) in [6, 6.07) is 9.68. The maximum atomic E-state index is 12.6. The number of likely N-dealkylation sites (tertiary alicyclic amines) is 1. The van der Waals surface area contributed by atoms with E-state index >= 15 is 0 Å². The van der Waals surface area contributed by atoms with Gasteiger partial charge in [-0.1, -0.05) is 18.2 Å². The standard InChI is InChI=1S/C20H28N4O/c1-14-8-6-7-9-17(14)23-18(25)15(12-21)13-24-19(2,3)10-16(22)11-20(24,4)5/h6-9,13,16H,10-11,22H2,1-5H3,(H,23,25)/b15-13-. The van der Waals surface area contributed by atoms with Gasteiger partial charge in [0.1, 0.15) is 11.6 Å². The number of piperidine rings is 1. The van der Waals surface area contributed by atoms with Gasteiger partial charge in [0.2, 0.25) is 0 Å². The molecular formula is C20H28N4O. The third-order valence-electron chi connectivity index (χ3n) is 4.84. The van der Waals surface area contributed by atoms with Gasteiger partial charge in [0.05, 0.1) is 0 Å². The Morgan fingerprint density at radius 2 is 1.84 bits per heavy atom. The molecule has 0 aliphatic carbocycles. The van der Waals surface area contributed by atoms with Crippen molar-refractivity contribution in [1.29, 1.82) is 5.26 Å². The number of nitriles is 1. The van der Waals surface area contributed by atoms with E-state index in [-0.39, 0.29) is 22.7 Å². The Morgan fingerprint density at radius 1 is 1.28 bits per heavy atom. The van der Waals surface area contributed by atoms with Crippen LogP contribution in [0.2, 0.25) is 0 Å². The molecule has 1 aromatic carbocycles. The van der Waals surface area contributed by atoms with Crippen molar-refractivity contribution in [2.45, 2.75) is 64.6 Å². The Kier molecular flexibility index (Phi) is 5.24. The summed E-state index contributed by atoms with van der Waals surface area (Å²) in [7, 11) is 0. The van der Waals surface area contributed by atoms with Gasteiger partial charge in [-0.05, 0) is 59.1 Å². The Morgan fingerprint density at radius 3 is 2.36 bits per heavy atom. The lowest BCUT2D eigenvalue weighted by molar-refractivity contribution is -0.112. The molecule has 0 atom stereocenters. The SMILES string of the molecule is Cc1ccccc1NC(=O)/C(C#N)=C\N1C(C)(C)CC(N)CC1(C)C. The summed E-state index contributed by atoms with van der Waals surface area (Å²) in [5.41, 5.74) is 7.51. The van der Waals surface area contributed by atoms with E-state index < -0.39 is 5.91 Å². The predicted octanol–water partition coefficient (Wildman–Crippen LogP) is 3.32. The monoisotopic (exact) mass is 340 g/mol. The number of nitrogens with one attached hydrogen (secondary N) is 1. The van der Waals surface area contributed by atoms with E-state index in [1.54, 1.807) is 6.20 Å². The highest BCUT2D eigenvalue weighted by molar-refractivity contribution is 6.06. The van der Waals surface area contributed by atoms with Crippen LogP contribution in [0.5, 0.6) is 0 Å². The van der Waals surface area contributed by atoms with Gasteiger partial charge in [0.15, 0.2) is 0 Å². The number of amides is 1. The quantitative estimate of drug-likeness (QED) is 0.653. The molecule has 0 unspecified atom stereocenters. The maximum Gasteiger partial charge on any atom is 0.267 e. The van der Waals surface area contributed by atoms with Crippen LogP contribution < -0.4 is 11.1 Å². The average molecular weight is 340 g/mol. The summed E-state index contributed by atoms with van der Waals surface area (Å²) in [4.78, 5) is 14.7. The van der Waals surface area contributed by atoms with Crippen LogP contribution in [-0.4, -0.2) is 27.9 Å². The predicted molar refractivity (Wildman–Crippen MR) is 101 cm³/mol. The minimum absolute atomic E-state index is 0.0971. The lowest BCUT2D eigenvalue weighted by Gasteiger charge is -2.54. The molecule has 25 heavy (non-hydrogen) atoms. The van der Waals surface area contributed by atoms with E-state index in [2.05, 4.69) is 44.0 Å². The fraction of sp³-hybridized carbons (Fsp3) is 0.500. The third kappa shape index (κ3) is 4.21. The van der Waals surface area contributed by atoms with Crippen molar-refractivity contribution in [2.75, 3.05) is 5.32 Å². The maximum absolute atomic E-state index is 12.6. The number of aryl methyl sites for hydroxylation is 1. The molecule has 0 spiro atoms. The summed E-state index contributed by atoms with van der Waals surface area (Å²) < 4.78 is 0. The number of rotatable bonds is 3. The van der Waals surface area contributed by atoms with Gasteiger partial charge in [-0.25, -0.2) is 0 Å². The van der Waals surface area contributed by atoms with Crippen molar-refractivity contribution in [3.05, 3.63) is 41.6 Å². The molecule has 1 fully saturated rings. The number of nitrogens with two attached hydrogens (primary N) is 1. The highest BCUT2D eigenvalue weighted by Gasteiger charge is 2.43. The van der Waals surface area contributed by atoms with Crippen LogP contribution in [0.4, 0.5) is 5.69 Å². The summed E-state index contributed by atoms with van der Waals surface area (Å²) >= 11 is 0. The van der Waals surface area contributed by atoms with Crippen LogP contribution in [0.1, 0.15) is 46.1 Å². The van der Waals surface area contributed by atoms with Crippen LogP contribution >= 0.6 is 0 Å². The van der Waals surface area contributed by atoms with Gasteiger partial charge in [-0.3, -0.25) is 4.79 Å². The molecule has 0 bridgehead atoms. The average Bonchev–Trinajstić information content (AvgIpc) is 2.47. The molecule has 1 amide bonds. The number of benzene rings is 1. The highest BCUT2D eigenvalue weighted by atomic mass is 16.1. The molecule has 3 N–H and O–H groups in total. The number of nitrogens with zero attached hydrogens (tertiary/aromatic N) is 2. The lowest BCUT2D eigenvalue weighted by Crippen LogP contribution is -2.61. The fourth-order valence-electron chi connectivity index (χ4n) is 3.89. The molecule has 1 aromatic rings. The normalized spacial score (nSPS) is 20.0. The first-order valence-electron chi connectivity index (χ1n) is 8.61. The van der Waals surface area contributed by atoms with E-state index in [0.717, 1.165) is 18.4 Å². The molecule has 134 valence electrons. The molecule has 5 nitrogen and oxygen atoms in total. The zero-order valence-electron chi connectivity index (χ0n) is 15.8. The second kappa shape index (κ2) is 6.89. The zero-order valence-corrected chi connectivity index (χ0v) is 15.8. The van der Waals surface area contributed by atoms with Gasteiger partial charge in [-0.2, -0.15) is 5.26 Å². The van der Waals surface area contributed by atoms with Crippen molar-refractivity contribution < 1.29 is 4.79 Å². The van der Waals surface area contributed by atoms with Crippen LogP contribution in [0, 0.1) is 18.3 Å². The number of hydrogen-bond donors (Lipinski definition) is 2. The highest BCUT2D eigenvalue weighted by Crippen LogP contribution is 2.38. The van der Waals surface area contributed by atoms with Gasteiger partial charge in [-0.15, -0.1) is 0 Å². The molecule has 1 saturated heterocycles. The number of para-hydroxylation sites is 1. The largest absolute Gasteiger partial charge is 0.366 e. The first-order valence-corrected chi connectivity index (χ1v) is 8.61. The Balaban J connectivity index is 2.31. The van der Waals surface area contributed by atoms with E-state index in [0.29, 0.717) is 5.69 Å². The van der Waals surface area contributed by atoms with Crippen molar-refractivity contribution in [3.8, 4) is 6.07 Å². The van der Waals surface area contributed by atoms with Crippen molar-refractivity contribution in [2.24, 2.45) is 5.73 Å². The topological polar surface area (TPSA) is 82.2 Å². The van der Waals surface area contributed by atoms with Crippen LogP contribution in [0.15, 0.2) is 36.0 Å². The Bertz CT molecular complexity index is 709. The third-order valence-corrected chi connectivity index (χ3v) is 4.84. The van der Waals surface area contributed by atoms with E-state index in [1.165, 1.54) is 0 Å². The molecule has 0 aromatic heterocycles. The molecule has 0 saturated carbocycles. The first kappa shape index (κ1) is 19.0. The number of carbonyl (C=O) groups excluding carboxylic acids is 1. The Hall–Kier alpha value is -2.32. The first-order chi connectivity index (χ1) is 11.6. The number of hydrogen-bond acceptors (Lipinski definition) is 4.